The third kappa shape index (κ3) is 3.41. The number of ether oxygens (including phenoxy) is 2. The predicted molar refractivity (Wildman–Crippen MR) is 114 cm³/mol. The van der Waals surface area contributed by atoms with E-state index in [0.717, 1.165) is 6.92 Å². The molecule has 1 saturated heterocycles. The lowest BCUT2D eigenvalue weighted by atomic mass is 9.40. The second-order valence-corrected chi connectivity index (χ2v) is 10.9. The van der Waals surface area contributed by atoms with Gasteiger partial charge >= 0.3 is 12.1 Å². The van der Waals surface area contributed by atoms with Gasteiger partial charge in [0.05, 0.1) is 17.8 Å². The first-order valence-electron chi connectivity index (χ1n) is 11.1. The summed E-state index contributed by atoms with van der Waals surface area (Å²) < 4.78 is 11.7. The molecule has 3 aliphatic rings. The summed E-state index contributed by atoms with van der Waals surface area (Å²) in [7, 11) is 0. The second kappa shape index (κ2) is 7.76. The highest BCUT2D eigenvalue weighted by atomic mass is 16.7. The first-order valence-corrected chi connectivity index (χ1v) is 11.1. The Hall–Kier alpha value is -2.01. The maximum absolute atomic E-state index is 13.7. The number of hydroxylamine groups is 1. The Balaban J connectivity index is 2.21. The molecule has 0 spiro atoms. The molecular formula is C23H35NO9. The molecule has 0 radical (unpaired) electrons. The number of carbonyl (C=O) groups is 3. The van der Waals surface area contributed by atoms with Crippen LogP contribution in [-0.2, 0) is 23.9 Å². The summed E-state index contributed by atoms with van der Waals surface area (Å²) in [6.45, 7) is 13.1. The summed E-state index contributed by atoms with van der Waals surface area (Å²) in [5, 5.41) is 35.0. The highest BCUT2D eigenvalue weighted by Gasteiger charge is 2.81. The van der Waals surface area contributed by atoms with E-state index in [2.05, 4.69) is 11.4 Å². The van der Waals surface area contributed by atoms with Crippen molar-refractivity contribution < 1.29 is 44.0 Å². The van der Waals surface area contributed by atoms with E-state index in [1.54, 1.807) is 13.8 Å². The van der Waals surface area contributed by atoms with Gasteiger partial charge in [-0.15, -0.1) is 12.1 Å². The van der Waals surface area contributed by atoms with Gasteiger partial charge in [-0.05, 0) is 32.1 Å². The fourth-order valence-corrected chi connectivity index (χ4v) is 6.73. The van der Waals surface area contributed by atoms with Crippen molar-refractivity contribution in [3.8, 4) is 0 Å². The van der Waals surface area contributed by atoms with Gasteiger partial charge in [-0.1, -0.05) is 26.8 Å². The Kier molecular flexibility index (Phi) is 6.02. The maximum atomic E-state index is 13.7. The van der Waals surface area contributed by atoms with Crippen LogP contribution in [0.15, 0.2) is 12.7 Å². The van der Waals surface area contributed by atoms with Crippen LogP contribution in [0.3, 0.4) is 0 Å². The Morgan fingerprint density at radius 1 is 1.21 bits per heavy atom. The number of amides is 1. The average molecular weight is 470 g/mol. The fourth-order valence-electron chi connectivity index (χ4n) is 6.73. The minimum Gasteiger partial charge on any atom is -0.438 e. The number of aliphatic hydroxyl groups is 3. The topological polar surface area (TPSA) is 152 Å². The molecule has 33 heavy (non-hydrogen) atoms. The minimum absolute atomic E-state index is 0.222. The molecule has 1 amide bonds. The lowest BCUT2D eigenvalue weighted by Crippen LogP contribution is -2.86. The van der Waals surface area contributed by atoms with Crippen molar-refractivity contribution in [3.63, 3.8) is 0 Å². The number of carbonyl (C=O) groups excluding carboxylic acids is 3. The first-order chi connectivity index (χ1) is 15.0. The van der Waals surface area contributed by atoms with Crippen LogP contribution < -0.4 is 5.48 Å². The van der Waals surface area contributed by atoms with Crippen LogP contribution in [0, 0.1) is 16.7 Å². The summed E-state index contributed by atoms with van der Waals surface area (Å²) in [5.74, 6) is -2.26. The van der Waals surface area contributed by atoms with Crippen LogP contribution in [0.25, 0.3) is 0 Å². The molecule has 0 bridgehead atoms. The monoisotopic (exact) mass is 469 g/mol. The zero-order valence-electron chi connectivity index (χ0n) is 20.0. The number of rotatable bonds is 2. The fraction of sp³-hybridized carbons (Fsp3) is 0.783. The van der Waals surface area contributed by atoms with Crippen LogP contribution in [0.4, 0.5) is 4.79 Å². The molecule has 2 aliphatic carbocycles. The van der Waals surface area contributed by atoms with E-state index in [4.69, 9.17) is 9.47 Å². The number of nitrogens with one attached hydrogen (secondary N) is 1. The molecule has 3 rings (SSSR count). The van der Waals surface area contributed by atoms with Gasteiger partial charge < -0.3 is 29.6 Å². The summed E-state index contributed by atoms with van der Waals surface area (Å²) >= 11 is 0. The van der Waals surface area contributed by atoms with Crippen molar-refractivity contribution in [2.75, 3.05) is 0 Å². The maximum Gasteiger partial charge on any atom is 0.441 e. The molecule has 0 unspecified atom stereocenters. The van der Waals surface area contributed by atoms with Crippen molar-refractivity contribution in [1.29, 1.82) is 0 Å². The van der Waals surface area contributed by atoms with Crippen molar-refractivity contribution >= 4 is 17.8 Å². The SMILES string of the molecule is C=C[C@@]1(C)CC(=O)[C@]2(O)[C@@]3(C)[C@H](O)CCC(C)(C)[C@@H]3[C@H](O)[C@H](OC(=O)NOC(C)=O)[C@@]2(C)O1. The van der Waals surface area contributed by atoms with Crippen molar-refractivity contribution in [1.82, 2.24) is 5.48 Å². The van der Waals surface area contributed by atoms with Crippen LogP contribution in [-0.4, -0.2) is 68.3 Å². The van der Waals surface area contributed by atoms with Gasteiger partial charge in [-0.25, -0.2) is 4.79 Å². The second-order valence-electron chi connectivity index (χ2n) is 10.9. The molecule has 10 nitrogen and oxygen atoms in total. The Labute approximate surface area is 193 Å². The van der Waals surface area contributed by atoms with Crippen LogP contribution in [0.1, 0.15) is 60.8 Å². The molecule has 0 aromatic rings. The van der Waals surface area contributed by atoms with E-state index in [0.29, 0.717) is 12.8 Å². The number of aliphatic hydroxyl groups excluding tert-OH is 2. The van der Waals surface area contributed by atoms with Gasteiger partial charge in [0.2, 0.25) is 0 Å². The Bertz CT molecular complexity index is 874. The van der Waals surface area contributed by atoms with E-state index in [1.165, 1.54) is 13.0 Å². The largest absolute Gasteiger partial charge is 0.441 e. The minimum atomic E-state index is -2.32. The number of fused-ring (bicyclic) bond motifs is 3. The van der Waals surface area contributed by atoms with E-state index in [1.807, 2.05) is 19.3 Å². The highest BCUT2D eigenvalue weighted by molar-refractivity contribution is 5.92. The molecule has 1 aliphatic heterocycles. The molecule has 0 aromatic carbocycles. The lowest BCUT2D eigenvalue weighted by Gasteiger charge is -2.71. The molecular weight excluding hydrogens is 434 g/mol. The summed E-state index contributed by atoms with van der Waals surface area (Å²) in [6.07, 6.45) is -3.34. The number of Topliss-reactive ketones (excluding diaryl/α,β-unsaturated/α-hetero) is 1. The Morgan fingerprint density at radius 3 is 2.36 bits per heavy atom. The van der Waals surface area contributed by atoms with Crippen molar-refractivity contribution in [2.45, 2.75) is 95.9 Å². The molecule has 10 heteroatoms. The smallest absolute Gasteiger partial charge is 0.438 e. The lowest BCUT2D eigenvalue weighted by molar-refractivity contribution is -0.369. The third-order valence-corrected chi connectivity index (χ3v) is 8.24. The normalized spacial score (nSPS) is 46.4. The quantitative estimate of drug-likeness (QED) is 0.345. The van der Waals surface area contributed by atoms with E-state index < -0.39 is 69.7 Å². The highest BCUT2D eigenvalue weighted by Crippen LogP contribution is 2.67. The van der Waals surface area contributed by atoms with Crippen LogP contribution in [0.2, 0.25) is 0 Å². The van der Waals surface area contributed by atoms with Gasteiger partial charge in [-0.3, -0.25) is 9.59 Å². The average Bonchev–Trinajstić information content (AvgIpc) is 2.70. The molecule has 3 fully saturated rings. The summed E-state index contributed by atoms with van der Waals surface area (Å²) in [4.78, 5) is 41.7. The van der Waals surface area contributed by atoms with Crippen molar-refractivity contribution in [3.05, 3.63) is 12.7 Å². The number of hydrogen-bond donors (Lipinski definition) is 4. The predicted octanol–water partition coefficient (Wildman–Crippen LogP) is 1.16. The summed E-state index contributed by atoms with van der Waals surface area (Å²) in [5.41, 5.74) is -5.87. The molecule has 2 saturated carbocycles. The van der Waals surface area contributed by atoms with Gasteiger partial charge in [0, 0.05) is 24.7 Å². The van der Waals surface area contributed by atoms with Crippen LogP contribution >= 0.6 is 0 Å². The van der Waals surface area contributed by atoms with Crippen molar-refractivity contribution in [2.24, 2.45) is 16.7 Å². The molecule has 4 N–H and O–H groups in total. The van der Waals surface area contributed by atoms with Gasteiger partial charge in [0.15, 0.2) is 17.5 Å². The number of ketones is 1. The van der Waals surface area contributed by atoms with Gasteiger partial charge in [0.25, 0.3) is 0 Å². The molecule has 0 aromatic heterocycles. The van der Waals surface area contributed by atoms with E-state index in [-0.39, 0.29) is 6.42 Å². The molecule has 1 heterocycles. The zero-order chi connectivity index (χ0) is 25.2. The molecule has 8 atom stereocenters. The summed E-state index contributed by atoms with van der Waals surface area (Å²) in [6, 6.07) is 0. The Morgan fingerprint density at radius 2 is 1.82 bits per heavy atom. The van der Waals surface area contributed by atoms with Crippen LogP contribution in [0.5, 0.6) is 0 Å². The standard InChI is InChI=1S/C23H35NO9/c1-8-20(5)11-14(27)23(30)21(6)13(26)9-10-19(3,4)16(21)15(28)17(22(23,7)33-20)31-18(29)24-32-12(2)25/h8,13,15-17,26,28,30H,1,9-11H2,2-7H3,(H,24,29)/t13-,15+,16+,17+,20+,21+,22-,23+/m1/s1. The third-order valence-electron chi connectivity index (χ3n) is 8.24. The number of hydrogen-bond acceptors (Lipinski definition) is 9. The van der Waals surface area contributed by atoms with E-state index >= 15 is 0 Å². The van der Waals surface area contributed by atoms with Gasteiger partial charge in [0.1, 0.15) is 5.60 Å². The molecule has 186 valence electrons. The van der Waals surface area contributed by atoms with Gasteiger partial charge in [-0.2, -0.15) is 0 Å². The van der Waals surface area contributed by atoms with E-state index in [9.17, 15) is 29.7 Å². The zero-order valence-corrected chi connectivity index (χ0v) is 20.0. The first kappa shape index (κ1) is 25.6.